The number of carboxylic acid groups (broad SMARTS) is 1. The summed E-state index contributed by atoms with van der Waals surface area (Å²) in [4.78, 5) is 18.8. The Bertz CT molecular complexity index is 474. The van der Waals surface area contributed by atoms with E-state index < -0.39 is 5.97 Å². The molecule has 1 fully saturated rings. The van der Waals surface area contributed by atoms with Crippen LogP contribution in [-0.4, -0.2) is 27.1 Å². The maximum Gasteiger partial charge on any atom is 0.342 e. The van der Waals surface area contributed by atoms with Gasteiger partial charge in [-0.15, -0.1) is 0 Å². The molecular formula is C14H20N2O3. The van der Waals surface area contributed by atoms with Crippen LogP contribution in [0.2, 0.25) is 0 Å². The lowest BCUT2D eigenvalue weighted by molar-refractivity contribution is 0.0502. The molecule has 19 heavy (non-hydrogen) atoms. The molecule has 1 aliphatic rings. The Morgan fingerprint density at radius 2 is 2.21 bits per heavy atom. The number of aromatic nitrogens is 2. The van der Waals surface area contributed by atoms with Crippen molar-refractivity contribution in [1.82, 2.24) is 9.97 Å². The van der Waals surface area contributed by atoms with Crippen LogP contribution in [0.15, 0.2) is 12.5 Å². The summed E-state index contributed by atoms with van der Waals surface area (Å²) in [5, 5.41) is 9.09. The van der Waals surface area contributed by atoms with Crippen LogP contribution in [0.25, 0.3) is 0 Å². The van der Waals surface area contributed by atoms with E-state index in [-0.39, 0.29) is 23.0 Å². The number of ether oxygens (including phenoxy) is 1. The Morgan fingerprint density at radius 1 is 1.47 bits per heavy atom. The van der Waals surface area contributed by atoms with Gasteiger partial charge in [0.15, 0.2) is 0 Å². The Balaban J connectivity index is 2.15. The normalized spacial score (nSPS) is 25.8. The van der Waals surface area contributed by atoms with Crippen molar-refractivity contribution in [3.63, 3.8) is 0 Å². The van der Waals surface area contributed by atoms with E-state index in [2.05, 4.69) is 30.7 Å². The highest BCUT2D eigenvalue weighted by molar-refractivity contribution is 5.89. The van der Waals surface area contributed by atoms with Gasteiger partial charge in [0.05, 0.1) is 0 Å². The Kier molecular flexibility index (Phi) is 3.73. The molecule has 1 saturated carbocycles. The maximum absolute atomic E-state index is 11.1. The van der Waals surface area contributed by atoms with Crippen LogP contribution < -0.4 is 4.74 Å². The van der Waals surface area contributed by atoms with Crippen LogP contribution in [0, 0.1) is 11.3 Å². The Morgan fingerprint density at radius 3 is 2.84 bits per heavy atom. The Hall–Kier alpha value is -1.65. The molecule has 0 bridgehead atoms. The minimum absolute atomic E-state index is 0.0201. The van der Waals surface area contributed by atoms with Gasteiger partial charge in [-0.2, -0.15) is 0 Å². The topological polar surface area (TPSA) is 72.3 Å². The van der Waals surface area contributed by atoms with Gasteiger partial charge in [0.1, 0.15) is 18.0 Å². The maximum atomic E-state index is 11.1. The molecule has 0 radical (unpaired) electrons. The third kappa shape index (κ3) is 3.43. The van der Waals surface area contributed by atoms with E-state index in [1.54, 1.807) is 0 Å². The van der Waals surface area contributed by atoms with E-state index in [0.29, 0.717) is 5.92 Å². The fourth-order valence-corrected chi connectivity index (χ4v) is 3.07. The predicted octanol–water partition coefficient (Wildman–Crippen LogP) is 2.77. The van der Waals surface area contributed by atoms with Crippen LogP contribution in [0.4, 0.5) is 0 Å². The number of hydrogen-bond donors (Lipinski definition) is 1. The minimum atomic E-state index is -1.06. The van der Waals surface area contributed by atoms with Crippen molar-refractivity contribution in [2.24, 2.45) is 11.3 Å². The Labute approximate surface area is 113 Å². The SMILES string of the molecule is CC1CC(Oc2ncncc2C(=O)O)CC(C)(C)C1. The second-order valence-corrected chi connectivity index (χ2v) is 6.20. The van der Waals surface area contributed by atoms with Gasteiger partial charge in [-0.1, -0.05) is 20.8 Å². The molecule has 1 aliphatic carbocycles. The zero-order valence-electron chi connectivity index (χ0n) is 11.6. The first-order valence-corrected chi connectivity index (χ1v) is 6.57. The number of carbonyl (C=O) groups is 1. The number of rotatable bonds is 3. The summed E-state index contributed by atoms with van der Waals surface area (Å²) < 4.78 is 5.82. The van der Waals surface area contributed by atoms with Crippen LogP contribution >= 0.6 is 0 Å². The molecule has 1 N–H and O–H groups in total. The van der Waals surface area contributed by atoms with Gasteiger partial charge in [0, 0.05) is 6.20 Å². The lowest BCUT2D eigenvalue weighted by atomic mass is 9.71. The second kappa shape index (κ2) is 5.15. The van der Waals surface area contributed by atoms with E-state index in [1.165, 1.54) is 18.9 Å². The van der Waals surface area contributed by atoms with Crippen LogP contribution in [0.5, 0.6) is 5.88 Å². The molecule has 0 amide bonds. The molecular weight excluding hydrogens is 244 g/mol. The first-order valence-electron chi connectivity index (χ1n) is 6.57. The van der Waals surface area contributed by atoms with Crippen LogP contribution in [0.3, 0.4) is 0 Å². The summed E-state index contributed by atoms with van der Waals surface area (Å²) >= 11 is 0. The van der Waals surface area contributed by atoms with Gasteiger partial charge in [-0.3, -0.25) is 0 Å². The molecule has 2 rings (SSSR count). The summed E-state index contributed by atoms with van der Waals surface area (Å²) in [7, 11) is 0. The predicted molar refractivity (Wildman–Crippen MR) is 70.2 cm³/mol. The molecule has 1 heterocycles. The fraction of sp³-hybridized carbons (Fsp3) is 0.643. The van der Waals surface area contributed by atoms with Gasteiger partial charge in [-0.05, 0) is 30.6 Å². The van der Waals surface area contributed by atoms with E-state index >= 15 is 0 Å². The lowest BCUT2D eigenvalue weighted by Gasteiger charge is -2.38. The minimum Gasteiger partial charge on any atom is -0.477 e. The molecule has 0 aliphatic heterocycles. The molecule has 5 heteroatoms. The van der Waals surface area contributed by atoms with Crippen LogP contribution in [0.1, 0.15) is 50.4 Å². The molecule has 0 saturated heterocycles. The van der Waals surface area contributed by atoms with Gasteiger partial charge in [0.2, 0.25) is 5.88 Å². The van der Waals surface area contributed by atoms with E-state index in [1.807, 2.05) is 0 Å². The molecule has 0 spiro atoms. The summed E-state index contributed by atoms with van der Waals surface area (Å²) in [5.74, 6) is -0.306. The highest BCUT2D eigenvalue weighted by Crippen LogP contribution is 2.39. The summed E-state index contributed by atoms with van der Waals surface area (Å²) in [6, 6.07) is 0. The summed E-state index contributed by atoms with van der Waals surface area (Å²) in [5.41, 5.74) is 0.247. The first-order chi connectivity index (χ1) is 8.87. The molecule has 104 valence electrons. The first kappa shape index (κ1) is 13.8. The number of nitrogens with zero attached hydrogens (tertiary/aromatic N) is 2. The zero-order chi connectivity index (χ0) is 14.0. The standard InChI is InChI=1S/C14H20N2O3/c1-9-4-10(6-14(2,3)5-9)19-12-11(13(17)18)7-15-8-16-12/h7-10H,4-6H2,1-3H3,(H,17,18). The molecule has 1 aromatic heterocycles. The van der Waals surface area contributed by atoms with Crippen molar-refractivity contribution in [3.8, 4) is 5.88 Å². The lowest BCUT2D eigenvalue weighted by Crippen LogP contribution is -2.34. The smallest absolute Gasteiger partial charge is 0.342 e. The van der Waals surface area contributed by atoms with Gasteiger partial charge in [0.25, 0.3) is 0 Å². The largest absolute Gasteiger partial charge is 0.477 e. The van der Waals surface area contributed by atoms with Crippen molar-refractivity contribution in [3.05, 3.63) is 18.1 Å². The zero-order valence-corrected chi connectivity index (χ0v) is 11.6. The molecule has 1 aromatic rings. The highest BCUT2D eigenvalue weighted by atomic mass is 16.5. The van der Waals surface area contributed by atoms with Crippen molar-refractivity contribution < 1.29 is 14.6 Å². The molecule has 0 aromatic carbocycles. The van der Waals surface area contributed by atoms with Crippen molar-refractivity contribution in [2.45, 2.75) is 46.1 Å². The van der Waals surface area contributed by atoms with Gasteiger partial charge >= 0.3 is 5.97 Å². The summed E-state index contributed by atoms with van der Waals surface area (Å²) in [6.07, 6.45) is 5.64. The average molecular weight is 264 g/mol. The third-order valence-corrected chi connectivity index (χ3v) is 3.53. The number of hydrogen-bond acceptors (Lipinski definition) is 4. The average Bonchev–Trinajstić information content (AvgIpc) is 2.26. The number of carboxylic acids is 1. The van der Waals surface area contributed by atoms with Gasteiger partial charge in [-0.25, -0.2) is 14.8 Å². The highest BCUT2D eigenvalue weighted by Gasteiger charge is 2.33. The quantitative estimate of drug-likeness (QED) is 0.908. The van der Waals surface area contributed by atoms with E-state index in [9.17, 15) is 4.79 Å². The number of aromatic carboxylic acids is 1. The van der Waals surface area contributed by atoms with Crippen LogP contribution in [-0.2, 0) is 0 Å². The van der Waals surface area contributed by atoms with Gasteiger partial charge < -0.3 is 9.84 Å². The fourth-order valence-electron chi connectivity index (χ4n) is 3.07. The monoisotopic (exact) mass is 264 g/mol. The third-order valence-electron chi connectivity index (χ3n) is 3.53. The summed E-state index contributed by atoms with van der Waals surface area (Å²) in [6.45, 7) is 6.64. The van der Waals surface area contributed by atoms with E-state index in [0.717, 1.165) is 12.8 Å². The van der Waals surface area contributed by atoms with E-state index in [4.69, 9.17) is 9.84 Å². The van der Waals surface area contributed by atoms with Crippen molar-refractivity contribution in [1.29, 1.82) is 0 Å². The second-order valence-electron chi connectivity index (χ2n) is 6.20. The molecule has 2 unspecified atom stereocenters. The van der Waals surface area contributed by atoms with Crippen molar-refractivity contribution in [2.75, 3.05) is 0 Å². The molecule has 5 nitrogen and oxygen atoms in total. The van der Waals surface area contributed by atoms with Crippen molar-refractivity contribution >= 4 is 5.97 Å². The molecule has 2 atom stereocenters.